The maximum absolute atomic E-state index is 6.08. The van der Waals surface area contributed by atoms with Crippen molar-refractivity contribution in [2.45, 2.75) is 85.5 Å². The topological polar surface area (TPSA) is 36.9 Å². The number of aryl methyl sites for hydroxylation is 2. The van der Waals surface area contributed by atoms with E-state index in [2.05, 4.69) is 128 Å². The molecule has 0 unspecified atom stereocenters. The average Bonchev–Trinajstić information content (AvgIpc) is 3.29. The molecule has 4 heteroatoms. The van der Waals surface area contributed by atoms with Gasteiger partial charge in [-0.25, -0.2) is 0 Å². The Hall–Kier alpha value is -3.60. The van der Waals surface area contributed by atoms with E-state index in [1.807, 2.05) is 13.8 Å². The molecule has 4 aromatic carbocycles. The van der Waals surface area contributed by atoms with Crippen LogP contribution < -0.4 is 9.47 Å². The number of benzene rings is 4. The maximum Gasteiger partial charge on any atom is 0.119 e. The summed E-state index contributed by atoms with van der Waals surface area (Å²) in [7, 11) is 0. The normalized spacial score (nSPS) is 13.7. The summed E-state index contributed by atoms with van der Waals surface area (Å²) in [4.78, 5) is 0. The largest absolute Gasteiger partial charge is 0.491 e. The van der Waals surface area contributed by atoms with Crippen LogP contribution in [0, 0.1) is 13.8 Å². The second-order valence-electron chi connectivity index (χ2n) is 14.8. The lowest BCUT2D eigenvalue weighted by Gasteiger charge is -2.36. The number of fused-ring (bicyclic) bond motifs is 3. The van der Waals surface area contributed by atoms with Crippen LogP contribution in [0.4, 0.5) is 0 Å². The van der Waals surface area contributed by atoms with Crippen molar-refractivity contribution < 1.29 is 18.9 Å². The van der Waals surface area contributed by atoms with Gasteiger partial charge in [0, 0.05) is 13.2 Å². The summed E-state index contributed by atoms with van der Waals surface area (Å²) in [6, 6.07) is 27.4. The summed E-state index contributed by atoms with van der Waals surface area (Å²) >= 11 is 0. The Bertz CT molecular complexity index is 1540. The molecule has 4 aromatic rings. The highest BCUT2D eigenvalue weighted by Gasteiger charge is 2.47. The van der Waals surface area contributed by atoms with Crippen LogP contribution in [0.25, 0.3) is 11.1 Å². The molecular formula is C43H54O4. The molecule has 0 saturated heterocycles. The standard InChI is InChI=1S/C43H54O4/c1-11-44-21-23-46-33-17-13-31(14-18-33)43(32-15-19-34(20-16-32)47-24-22-45-12-2)39-27-37(41(5,6)7)29(3)25-35(39)36-26-30(4)38(28-40(36)43)42(8,9)10/h13-20,25-28H,11-12,21-24H2,1-10H3. The third-order valence-electron chi connectivity index (χ3n) is 9.42. The first-order chi connectivity index (χ1) is 22.3. The monoisotopic (exact) mass is 634 g/mol. The van der Waals surface area contributed by atoms with Crippen molar-refractivity contribution in [1.29, 1.82) is 0 Å². The molecule has 4 nitrogen and oxygen atoms in total. The molecule has 0 aromatic heterocycles. The third-order valence-corrected chi connectivity index (χ3v) is 9.42. The number of ether oxygens (including phenoxy) is 4. The summed E-state index contributed by atoms with van der Waals surface area (Å²) in [5, 5.41) is 0. The molecule has 0 amide bonds. The molecule has 0 bridgehead atoms. The van der Waals surface area contributed by atoms with Gasteiger partial charge < -0.3 is 18.9 Å². The average molecular weight is 635 g/mol. The minimum atomic E-state index is -0.542. The van der Waals surface area contributed by atoms with E-state index in [0.29, 0.717) is 39.6 Å². The van der Waals surface area contributed by atoms with Gasteiger partial charge in [-0.1, -0.05) is 90.1 Å². The van der Waals surface area contributed by atoms with E-state index in [4.69, 9.17) is 18.9 Å². The van der Waals surface area contributed by atoms with E-state index < -0.39 is 5.41 Å². The summed E-state index contributed by atoms with van der Waals surface area (Å²) in [6.07, 6.45) is 0. The van der Waals surface area contributed by atoms with Crippen LogP contribution >= 0.6 is 0 Å². The fourth-order valence-corrected chi connectivity index (χ4v) is 7.36. The number of rotatable bonds is 12. The van der Waals surface area contributed by atoms with E-state index in [0.717, 1.165) is 11.5 Å². The van der Waals surface area contributed by atoms with Crippen LogP contribution in [0.2, 0.25) is 0 Å². The molecule has 0 aliphatic heterocycles. The summed E-state index contributed by atoms with van der Waals surface area (Å²) in [6.45, 7) is 26.0. The lowest BCUT2D eigenvalue weighted by atomic mass is 9.66. The van der Waals surface area contributed by atoms with Crippen molar-refractivity contribution in [3.8, 4) is 22.6 Å². The predicted octanol–water partition coefficient (Wildman–Crippen LogP) is 10.1. The van der Waals surface area contributed by atoms with E-state index in [9.17, 15) is 0 Å². The molecule has 0 spiro atoms. The lowest BCUT2D eigenvalue weighted by molar-refractivity contribution is 0.110. The second-order valence-corrected chi connectivity index (χ2v) is 14.8. The Kier molecular flexibility index (Phi) is 10.2. The zero-order chi connectivity index (χ0) is 34.0. The van der Waals surface area contributed by atoms with Crippen molar-refractivity contribution in [3.63, 3.8) is 0 Å². The third kappa shape index (κ3) is 6.87. The van der Waals surface area contributed by atoms with Crippen LogP contribution in [0.1, 0.15) is 99.9 Å². The van der Waals surface area contributed by atoms with Gasteiger partial charge in [0.25, 0.3) is 0 Å². The van der Waals surface area contributed by atoms with E-state index in [1.54, 1.807) is 0 Å². The van der Waals surface area contributed by atoms with Gasteiger partial charge in [0.2, 0.25) is 0 Å². The predicted molar refractivity (Wildman–Crippen MR) is 195 cm³/mol. The molecule has 0 N–H and O–H groups in total. The summed E-state index contributed by atoms with van der Waals surface area (Å²) in [5.41, 5.74) is 12.5. The minimum absolute atomic E-state index is 0.0113. The van der Waals surface area contributed by atoms with Crippen molar-refractivity contribution >= 4 is 0 Å². The van der Waals surface area contributed by atoms with Gasteiger partial charge >= 0.3 is 0 Å². The first-order valence-electron chi connectivity index (χ1n) is 17.3. The van der Waals surface area contributed by atoms with Crippen molar-refractivity contribution in [2.75, 3.05) is 39.6 Å². The second kappa shape index (κ2) is 13.9. The van der Waals surface area contributed by atoms with Crippen LogP contribution in [-0.2, 0) is 25.7 Å². The Morgan fingerprint density at radius 1 is 0.511 bits per heavy atom. The van der Waals surface area contributed by atoms with Crippen molar-refractivity contribution in [3.05, 3.63) is 117 Å². The Balaban J connectivity index is 1.78. The molecule has 0 saturated carbocycles. The highest BCUT2D eigenvalue weighted by atomic mass is 16.5. The van der Waals surface area contributed by atoms with Gasteiger partial charge in [0.05, 0.1) is 18.6 Å². The molecule has 250 valence electrons. The molecule has 0 radical (unpaired) electrons. The molecule has 0 heterocycles. The smallest absolute Gasteiger partial charge is 0.119 e. The number of hydrogen-bond donors (Lipinski definition) is 0. The molecule has 0 atom stereocenters. The van der Waals surface area contributed by atoms with Gasteiger partial charge in [0.1, 0.15) is 24.7 Å². The van der Waals surface area contributed by atoms with E-state index in [1.165, 1.54) is 55.6 Å². The van der Waals surface area contributed by atoms with Gasteiger partial charge in [0.15, 0.2) is 0 Å². The fraction of sp³-hybridized carbons (Fsp3) is 0.442. The molecule has 5 rings (SSSR count). The molecule has 47 heavy (non-hydrogen) atoms. The van der Waals surface area contributed by atoms with E-state index >= 15 is 0 Å². The van der Waals surface area contributed by atoms with Gasteiger partial charge in [-0.3, -0.25) is 0 Å². The molecule has 0 fully saturated rings. The van der Waals surface area contributed by atoms with Crippen molar-refractivity contribution in [1.82, 2.24) is 0 Å². The molecule has 1 aliphatic carbocycles. The SMILES string of the molecule is CCOCCOc1ccc(C2(c3ccc(OCCOCC)cc3)c3cc(C(C)(C)C)c(C)cc3-c3cc(C)c(C(C)(C)C)cc32)cc1. The summed E-state index contributed by atoms with van der Waals surface area (Å²) in [5.74, 6) is 1.69. The van der Waals surface area contributed by atoms with Crippen LogP contribution in [0.15, 0.2) is 72.8 Å². The first-order valence-corrected chi connectivity index (χ1v) is 17.3. The van der Waals surface area contributed by atoms with Crippen LogP contribution in [0.5, 0.6) is 11.5 Å². The highest BCUT2D eigenvalue weighted by molar-refractivity contribution is 5.88. The van der Waals surface area contributed by atoms with Crippen LogP contribution in [-0.4, -0.2) is 39.6 Å². The van der Waals surface area contributed by atoms with Gasteiger partial charge in [-0.05, 0) is 118 Å². The van der Waals surface area contributed by atoms with Gasteiger partial charge in [-0.15, -0.1) is 0 Å². The highest BCUT2D eigenvalue weighted by Crippen LogP contribution is 2.58. The Labute approximate surface area is 283 Å². The molecule has 1 aliphatic rings. The minimum Gasteiger partial charge on any atom is -0.491 e. The Morgan fingerprint density at radius 2 is 0.872 bits per heavy atom. The quantitative estimate of drug-likeness (QED) is 0.128. The van der Waals surface area contributed by atoms with Crippen LogP contribution in [0.3, 0.4) is 0 Å². The Morgan fingerprint density at radius 3 is 1.19 bits per heavy atom. The lowest BCUT2D eigenvalue weighted by Crippen LogP contribution is -2.30. The zero-order valence-electron chi connectivity index (χ0n) is 30.3. The number of hydrogen-bond acceptors (Lipinski definition) is 4. The van der Waals surface area contributed by atoms with Crippen molar-refractivity contribution in [2.24, 2.45) is 0 Å². The maximum atomic E-state index is 6.08. The molecular weight excluding hydrogens is 580 g/mol. The first kappa shape index (κ1) is 34.7. The van der Waals surface area contributed by atoms with Gasteiger partial charge in [-0.2, -0.15) is 0 Å². The zero-order valence-corrected chi connectivity index (χ0v) is 30.3. The van der Waals surface area contributed by atoms with E-state index in [-0.39, 0.29) is 10.8 Å². The fourth-order valence-electron chi connectivity index (χ4n) is 7.36. The summed E-state index contributed by atoms with van der Waals surface area (Å²) < 4.78 is 23.2.